The molecule has 1 heterocycles. The Labute approximate surface area is 126 Å². The normalized spacial score (nSPS) is 15.5. The van der Waals surface area contributed by atoms with Gasteiger partial charge in [0.15, 0.2) is 0 Å². The van der Waals surface area contributed by atoms with E-state index in [2.05, 4.69) is 39.8 Å². The number of amides is 2. The van der Waals surface area contributed by atoms with Crippen LogP contribution in [0, 0.1) is 0 Å². The van der Waals surface area contributed by atoms with Gasteiger partial charge in [0, 0.05) is 45.6 Å². The Bertz CT molecular complexity index is 439. The van der Waals surface area contributed by atoms with Crippen molar-refractivity contribution in [1.29, 1.82) is 0 Å². The van der Waals surface area contributed by atoms with Gasteiger partial charge in [-0.25, -0.2) is 4.79 Å². The van der Waals surface area contributed by atoms with Gasteiger partial charge in [0.1, 0.15) is 0 Å². The minimum Gasteiger partial charge on any atom is -0.381 e. The molecule has 1 aromatic rings. The van der Waals surface area contributed by atoms with Crippen LogP contribution in [0.5, 0.6) is 0 Å². The zero-order chi connectivity index (χ0) is 15.1. The molecule has 2 N–H and O–H groups in total. The van der Waals surface area contributed by atoms with Crippen LogP contribution in [0.25, 0.3) is 0 Å². The maximum atomic E-state index is 11.8. The number of carbonyl (C=O) groups excluding carboxylic acids is 1. The van der Waals surface area contributed by atoms with Gasteiger partial charge in [-0.05, 0) is 37.0 Å². The summed E-state index contributed by atoms with van der Waals surface area (Å²) in [7, 11) is 4.05. The van der Waals surface area contributed by atoms with Gasteiger partial charge in [-0.3, -0.25) is 0 Å². The summed E-state index contributed by atoms with van der Waals surface area (Å²) < 4.78 is 5.27. The van der Waals surface area contributed by atoms with Crippen LogP contribution >= 0.6 is 0 Å². The van der Waals surface area contributed by atoms with Crippen LogP contribution in [0.3, 0.4) is 0 Å². The summed E-state index contributed by atoms with van der Waals surface area (Å²) in [5, 5.41) is 5.91. The highest BCUT2D eigenvalue weighted by Gasteiger charge is 2.15. The van der Waals surface area contributed by atoms with E-state index in [4.69, 9.17) is 4.74 Å². The Balaban J connectivity index is 1.67. The van der Waals surface area contributed by atoms with Crippen LogP contribution in [0.15, 0.2) is 24.3 Å². The average Bonchev–Trinajstić information content (AvgIpc) is 2.49. The Morgan fingerprint density at radius 3 is 2.52 bits per heavy atom. The van der Waals surface area contributed by atoms with Crippen LogP contribution < -0.4 is 15.5 Å². The van der Waals surface area contributed by atoms with Crippen molar-refractivity contribution in [2.24, 2.45) is 0 Å². The molecule has 0 unspecified atom stereocenters. The first-order chi connectivity index (χ1) is 10.1. The minimum atomic E-state index is -0.0770. The summed E-state index contributed by atoms with van der Waals surface area (Å²) in [6.07, 6.45) is 2.65. The van der Waals surface area contributed by atoms with Gasteiger partial charge in [0.2, 0.25) is 0 Å². The molecule has 0 aromatic heterocycles. The third-order valence-corrected chi connectivity index (χ3v) is 3.71. The van der Waals surface area contributed by atoms with Crippen molar-refractivity contribution in [3.63, 3.8) is 0 Å². The molecule has 0 bridgehead atoms. The van der Waals surface area contributed by atoms with E-state index in [9.17, 15) is 4.79 Å². The number of hydrogen-bond acceptors (Lipinski definition) is 3. The van der Waals surface area contributed by atoms with E-state index in [1.54, 1.807) is 0 Å². The fraction of sp³-hybridized carbons (Fsp3) is 0.562. The SMILES string of the molecule is CN(C)c1ccc(CCNC(=O)NC2CCOCC2)cc1. The number of nitrogens with one attached hydrogen (secondary N) is 2. The molecule has 0 saturated carbocycles. The molecule has 21 heavy (non-hydrogen) atoms. The number of benzene rings is 1. The molecule has 2 rings (SSSR count). The standard InChI is InChI=1S/C16H25N3O2/c1-19(2)15-5-3-13(4-6-15)7-10-17-16(20)18-14-8-11-21-12-9-14/h3-6,14H,7-12H2,1-2H3,(H2,17,18,20). The van der Waals surface area contributed by atoms with Gasteiger partial charge in [0.05, 0.1) is 0 Å². The Kier molecular flexibility index (Phi) is 5.87. The molecule has 5 nitrogen and oxygen atoms in total. The van der Waals surface area contributed by atoms with Crippen LogP contribution in [0.1, 0.15) is 18.4 Å². The highest BCUT2D eigenvalue weighted by atomic mass is 16.5. The van der Waals surface area contributed by atoms with Crippen molar-refractivity contribution >= 4 is 11.7 Å². The molecule has 0 radical (unpaired) electrons. The third kappa shape index (κ3) is 5.27. The highest BCUT2D eigenvalue weighted by Crippen LogP contribution is 2.12. The minimum absolute atomic E-state index is 0.0770. The van der Waals surface area contributed by atoms with Crippen molar-refractivity contribution in [3.8, 4) is 0 Å². The van der Waals surface area contributed by atoms with E-state index in [-0.39, 0.29) is 12.1 Å². The van der Waals surface area contributed by atoms with Gasteiger partial charge in [-0.15, -0.1) is 0 Å². The summed E-state index contributed by atoms with van der Waals surface area (Å²) in [6.45, 7) is 2.13. The topological polar surface area (TPSA) is 53.6 Å². The predicted octanol–water partition coefficient (Wildman–Crippen LogP) is 1.77. The molecule has 0 spiro atoms. The molecule has 116 valence electrons. The quantitative estimate of drug-likeness (QED) is 0.869. The second-order valence-corrected chi connectivity index (χ2v) is 5.60. The molecule has 0 atom stereocenters. The van der Waals surface area contributed by atoms with E-state index in [1.165, 1.54) is 11.3 Å². The monoisotopic (exact) mass is 291 g/mol. The second-order valence-electron chi connectivity index (χ2n) is 5.60. The number of urea groups is 1. The smallest absolute Gasteiger partial charge is 0.315 e. The van der Waals surface area contributed by atoms with Crippen LogP contribution in [0.2, 0.25) is 0 Å². The Morgan fingerprint density at radius 1 is 1.24 bits per heavy atom. The van der Waals surface area contributed by atoms with Gasteiger partial charge in [-0.1, -0.05) is 12.1 Å². The summed E-state index contributed by atoms with van der Waals surface area (Å²) >= 11 is 0. The lowest BCUT2D eigenvalue weighted by Crippen LogP contribution is -2.44. The van der Waals surface area contributed by atoms with E-state index >= 15 is 0 Å². The number of nitrogens with zero attached hydrogens (tertiary/aromatic N) is 1. The molecule has 1 fully saturated rings. The van der Waals surface area contributed by atoms with Crippen LogP contribution in [0.4, 0.5) is 10.5 Å². The first-order valence-electron chi connectivity index (χ1n) is 7.53. The molecular formula is C16H25N3O2. The molecule has 0 aliphatic carbocycles. The number of carbonyl (C=O) groups is 1. The Hall–Kier alpha value is -1.75. The van der Waals surface area contributed by atoms with Crippen LogP contribution in [-0.2, 0) is 11.2 Å². The van der Waals surface area contributed by atoms with Crippen LogP contribution in [-0.4, -0.2) is 45.9 Å². The first kappa shape index (κ1) is 15.6. The third-order valence-electron chi connectivity index (χ3n) is 3.71. The van der Waals surface area contributed by atoms with Crippen molar-refractivity contribution in [3.05, 3.63) is 29.8 Å². The lowest BCUT2D eigenvalue weighted by atomic mass is 10.1. The highest BCUT2D eigenvalue weighted by molar-refractivity contribution is 5.74. The predicted molar refractivity (Wildman–Crippen MR) is 84.8 cm³/mol. The maximum absolute atomic E-state index is 11.8. The number of ether oxygens (including phenoxy) is 1. The fourth-order valence-electron chi connectivity index (χ4n) is 2.36. The number of anilines is 1. The molecule has 1 aliphatic heterocycles. The van der Waals surface area contributed by atoms with Crippen molar-refractivity contribution in [2.75, 3.05) is 38.8 Å². The van der Waals surface area contributed by atoms with Gasteiger partial charge in [0.25, 0.3) is 0 Å². The lowest BCUT2D eigenvalue weighted by molar-refractivity contribution is 0.0801. The van der Waals surface area contributed by atoms with Crippen molar-refractivity contribution in [1.82, 2.24) is 10.6 Å². The fourth-order valence-corrected chi connectivity index (χ4v) is 2.36. The average molecular weight is 291 g/mol. The molecule has 5 heteroatoms. The van der Waals surface area contributed by atoms with Gasteiger partial charge >= 0.3 is 6.03 Å². The largest absolute Gasteiger partial charge is 0.381 e. The summed E-state index contributed by atoms with van der Waals surface area (Å²) in [6, 6.07) is 8.57. The Morgan fingerprint density at radius 2 is 1.90 bits per heavy atom. The molecular weight excluding hydrogens is 266 g/mol. The van der Waals surface area contributed by atoms with Gasteiger partial charge < -0.3 is 20.3 Å². The van der Waals surface area contributed by atoms with E-state index in [0.29, 0.717) is 6.54 Å². The van der Waals surface area contributed by atoms with Crippen molar-refractivity contribution in [2.45, 2.75) is 25.3 Å². The number of hydrogen-bond donors (Lipinski definition) is 2. The van der Waals surface area contributed by atoms with E-state index < -0.39 is 0 Å². The summed E-state index contributed by atoms with van der Waals surface area (Å²) in [5.74, 6) is 0. The van der Waals surface area contributed by atoms with E-state index in [0.717, 1.165) is 32.5 Å². The molecule has 1 saturated heterocycles. The zero-order valence-corrected chi connectivity index (χ0v) is 12.9. The lowest BCUT2D eigenvalue weighted by Gasteiger charge is -2.23. The zero-order valence-electron chi connectivity index (χ0n) is 12.9. The van der Waals surface area contributed by atoms with Crippen molar-refractivity contribution < 1.29 is 9.53 Å². The molecule has 1 aliphatic rings. The van der Waals surface area contributed by atoms with Gasteiger partial charge in [-0.2, -0.15) is 0 Å². The number of rotatable bonds is 5. The first-order valence-corrected chi connectivity index (χ1v) is 7.53. The molecule has 2 amide bonds. The van der Waals surface area contributed by atoms with E-state index in [1.807, 2.05) is 14.1 Å². The summed E-state index contributed by atoms with van der Waals surface area (Å²) in [4.78, 5) is 13.8. The molecule has 1 aromatic carbocycles. The maximum Gasteiger partial charge on any atom is 0.315 e. The second kappa shape index (κ2) is 7.88. The summed E-state index contributed by atoms with van der Waals surface area (Å²) in [5.41, 5.74) is 2.41.